The van der Waals surface area contributed by atoms with Gasteiger partial charge in [0.15, 0.2) is 0 Å². The summed E-state index contributed by atoms with van der Waals surface area (Å²) >= 11 is 0. The standard InChI is InChI=1S/C12H21F2N/c1-5-8-12(13,14)10-15(4)9-11(6-2)7-3/h6-7H,2,5,8-10H2,1,3-4H3/b11-7+. The average Bonchev–Trinajstić information content (AvgIpc) is 2.13. The predicted octanol–water partition coefficient (Wildman–Crippen LogP) is 3.49. The summed E-state index contributed by atoms with van der Waals surface area (Å²) in [4.78, 5) is 1.63. The van der Waals surface area contributed by atoms with Crippen LogP contribution in [0.15, 0.2) is 24.3 Å². The minimum absolute atomic E-state index is 0.0450. The fourth-order valence-electron chi connectivity index (χ4n) is 1.48. The fraction of sp³-hybridized carbons (Fsp3) is 0.667. The lowest BCUT2D eigenvalue weighted by Gasteiger charge is -2.23. The summed E-state index contributed by atoms with van der Waals surface area (Å²) in [5.41, 5.74) is 0.977. The molecule has 0 bridgehead atoms. The molecule has 3 heteroatoms. The van der Waals surface area contributed by atoms with Crippen LogP contribution < -0.4 is 0 Å². The van der Waals surface area contributed by atoms with Crippen molar-refractivity contribution in [1.29, 1.82) is 0 Å². The fourth-order valence-corrected chi connectivity index (χ4v) is 1.48. The number of likely N-dealkylation sites (N-methyl/N-ethyl adjacent to an activating group) is 1. The Morgan fingerprint density at radius 3 is 2.47 bits per heavy atom. The summed E-state index contributed by atoms with van der Waals surface area (Å²) in [6, 6.07) is 0. The zero-order chi connectivity index (χ0) is 11.9. The van der Waals surface area contributed by atoms with Crippen molar-refractivity contribution in [2.45, 2.75) is 32.6 Å². The zero-order valence-electron chi connectivity index (χ0n) is 9.89. The number of alkyl halides is 2. The Balaban J connectivity index is 4.12. The van der Waals surface area contributed by atoms with Crippen LogP contribution in [0.5, 0.6) is 0 Å². The van der Waals surface area contributed by atoms with Gasteiger partial charge in [0.25, 0.3) is 5.92 Å². The van der Waals surface area contributed by atoms with Crippen LogP contribution in [0.3, 0.4) is 0 Å². The Morgan fingerprint density at radius 1 is 1.47 bits per heavy atom. The molecule has 0 radical (unpaired) electrons. The summed E-state index contributed by atoms with van der Waals surface area (Å²) < 4.78 is 26.5. The number of hydrogen-bond acceptors (Lipinski definition) is 1. The van der Waals surface area contributed by atoms with Crippen LogP contribution in [0.4, 0.5) is 8.78 Å². The maximum absolute atomic E-state index is 13.2. The molecule has 0 aliphatic heterocycles. The SMILES string of the molecule is C=C/C(=C\C)CN(C)CC(F)(F)CCC. The van der Waals surface area contributed by atoms with E-state index in [1.54, 1.807) is 24.9 Å². The number of rotatable bonds is 7. The highest BCUT2D eigenvalue weighted by Crippen LogP contribution is 2.21. The Morgan fingerprint density at radius 2 is 2.07 bits per heavy atom. The van der Waals surface area contributed by atoms with E-state index in [0.29, 0.717) is 13.0 Å². The molecule has 0 rings (SSSR count). The molecule has 0 saturated carbocycles. The summed E-state index contributed by atoms with van der Waals surface area (Å²) in [6.45, 7) is 7.63. The van der Waals surface area contributed by atoms with Crippen molar-refractivity contribution in [3.05, 3.63) is 24.3 Å². The van der Waals surface area contributed by atoms with Crippen molar-refractivity contribution in [2.75, 3.05) is 20.1 Å². The summed E-state index contributed by atoms with van der Waals surface area (Å²) in [7, 11) is 1.70. The molecule has 88 valence electrons. The minimum Gasteiger partial charge on any atom is -0.296 e. The molecule has 0 aliphatic carbocycles. The number of allylic oxidation sites excluding steroid dienone is 1. The van der Waals surface area contributed by atoms with Crippen molar-refractivity contribution >= 4 is 0 Å². The van der Waals surface area contributed by atoms with E-state index in [1.807, 2.05) is 13.0 Å². The molecule has 0 saturated heterocycles. The first-order chi connectivity index (χ1) is 6.95. The molecular weight excluding hydrogens is 196 g/mol. The van der Waals surface area contributed by atoms with E-state index in [2.05, 4.69) is 6.58 Å². The normalized spacial score (nSPS) is 13.3. The second-order valence-corrected chi connectivity index (χ2v) is 3.85. The first-order valence-corrected chi connectivity index (χ1v) is 5.29. The maximum Gasteiger partial charge on any atom is 0.260 e. The van der Waals surface area contributed by atoms with E-state index < -0.39 is 5.92 Å². The van der Waals surface area contributed by atoms with Gasteiger partial charge in [-0.3, -0.25) is 4.90 Å². The van der Waals surface area contributed by atoms with Crippen molar-refractivity contribution in [1.82, 2.24) is 4.90 Å². The molecule has 0 heterocycles. The molecule has 0 atom stereocenters. The van der Waals surface area contributed by atoms with Gasteiger partial charge in [-0.2, -0.15) is 0 Å². The number of nitrogens with zero attached hydrogens (tertiary/aromatic N) is 1. The Kier molecular flexibility index (Phi) is 6.41. The Hall–Kier alpha value is -0.700. The van der Waals surface area contributed by atoms with E-state index in [0.717, 1.165) is 5.57 Å². The highest BCUT2D eigenvalue weighted by Gasteiger charge is 2.29. The molecule has 0 spiro atoms. The van der Waals surface area contributed by atoms with Crippen LogP contribution in [0.25, 0.3) is 0 Å². The van der Waals surface area contributed by atoms with Crippen molar-refractivity contribution in [2.24, 2.45) is 0 Å². The topological polar surface area (TPSA) is 3.24 Å². The number of hydrogen-bond donors (Lipinski definition) is 0. The highest BCUT2D eigenvalue weighted by molar-refractivity contribution is 5.16. The monoisotopic (exact) mass is 217 g/mol. The Bertz CT molecular complexity index is 222. The van der Waals surface area contributed by atoms with Crippen LogP contribution in [-0.4, -0.2) is 31.0 Å². The molecule has 0 aliphatic rings. The van der Waals surface area contributed by atoms with E-state index in [-0.39, 0.29) is 13.0 Å². The van der Waals surface area contributed by atoms with Gasteiger partial charge < -0.3 is 0 Å². The van der Waals surface area contributed by atoms with Crippen molar-refractivity contribution in [3.63, 3.8) is 0 Å². The van der Waals surface area contributed by atoms with Gasteiger partial charge in [0.1, 0.15) is 0 Å². The van der Waals surface area contributed by atoms with Gasteiger partial charge in [-0.05, 0) is 19.5 Å². The van der Waals surface area contributed by atoms with E-state index in [4.69, 9.17) is 0 Å². The van der Waals surface area contributed by atoms with Crippen LogP contribution in [0, 0.1) is 0 Å². The van der Waals surface area contributed by atoms with Gasteiger partial charge in [0.2, 0.25) is 0 Å². The van der Waals surface area contributed by atoms with E-state index >= 15 is 0 Å². The lowest BCUT2D eigenvalue weighted by atomic mass is 10.1. The first kappa shape index (κ1) is 14.3. The lowest BCUT2D eigenvalue weighted by Crippen LogP contribution is -2.35. The van der Waals surface area contributed by atoms with Crippen LogP contribution >= 0.6 is 0 Å². The highest BCUT2D eigenvalue weighted by atomic mass is 19.3. The second-order valence-electron chi connectivity index (χ2n) is 3.85. The largest absolute Gasteiger partial charge is 0.296 e. The summed E-state index contributed by atoms with van der Waals surface area (Å²) in [6.07, 6.45) is 4.06. The van der Waals surface area contributed by atoms with Gasteiger partial charge >= 0.3 is 0 Å². The molecule has 0 aromatic rings. The third-order valence-electron chi connectivity index (χ3n) is 2.20. The zero-order valence-corrected chi connectivity index (χ0v) is 9.89. The molecule has 0 aromatic carbocycles. The van der Waals surface area contributed by atoms with Gasteiger partial charge in [-0.15, -0.1) is 0 Å². The smallest absolute Gasteiger partial charge is 0.260 e. The third-order valence-corrected chi connectivity index (χ3v) is 2.20. The third kappa shape index (κ3) is 6.39. The molecule has 0 fully saturated rings. The van der Waals surface area contributed by atoms with Crippen molar-refractivity contribution in [3.8, 4) is 0 Å². The average molecular weight is 217 g/mol. The Labute approximate surface area is 91.5 Å². The van der Waals surface area contributed by atoms with E-state index in [9.17, 15) is 8.78 Å². The predicted molar refractivity (Wildman–Crippen MR) is 61.3 cm³/mol. The van der Waals surface area contributed by atoms with Gasteiger partial charge in [-0.25, -0.2) is 8.78 Å². The molecule has 0 N–H and O–H groups in total. The minimum atomic E-state index is -2.58. The lowest BCUT2D eigenvalue weighted by molar-refractivity contribution is -0.0324. The number of halogens is 2. The molecule has 15 heavy (non-hydrogen) atoms. The molecule has 0 aromatic heterocycles. The van der Waals surface area contributed by atoms with Crippen LogP contribution in [-0.2, 0) is 0 Å². The maximum atomic E-state index is 13.2. The molecular formula is C12H21F2N. The summed E-state index contributed by atoms with van der Waals surface area (Å²) in [5, 5.41) is 0. The second kappa shape index (κ2) is 6.72. The quantitative estimate of drug-likeness (QED) is 0.590. The molecule has 0 unspecified atom stereocenters. The van der Waals surface area contributed by atoms with Gasteiger partial charge in [0.05, 0.1) is 6.54 Å². The van der Waals surface area contributed by atoms with Gasteiger partial charge in [0, 0.05) is 13.0 Å². The molecule has 1 nitrogen and oxygen atoms in total. The summed E-state index contributed by atoms with van der Waals surface area (Å²) in [5.74, 6) is -2.58. The van der Waals surface area contributed by atoms with Crippen molar-refractivity contribution < 1.29 is 8.78 Å². The van der Waals surface area contributed by atoms with Crippen LogP contribution in [0.2, 0.25) is 0 Å². The van der Waals surface area contributed by atoms with E-state index in [1.165, 1.54) is 0 Å². The first-order valence-electron chi connectivity index (χ1n) is 5.29. The molecule has 0 amide bonds. The van der Waals surface area contributed by atoms with Crippen LogP contribution in [0.1, 0.15) is 26.7 Å². The van der Waals surface area contributed by atoms with Gasteiger partial charge in [-0.1, -0.05) is 32.1 Å².